The normalized spacial score (nSPS) is 11.7. The maximum absolute atomic E-state index is 12.6. The Labute approximate surface area is 153 Å². The Balaban J connectivity index is 1.89. The zero-order valence-electron chi connectivity index (χ0n) is 13.9. The van der Waals surface area contributed by atoms with Crippen LogP contribution in [0.2, 0.25) is 0 Å². The van der Waals surface area contributed by atoms with Crippen LogP contribution in [0, 0.1) is 0 Å². The van der Waals surface area contributed by atoms with Gasteiger partial charge in [-0.15, -0.1) is 11.3 Å². The molecule has 3 aromatic rings. The molecular formula is C18H16N4O3S. The highest BCUT2D eigenvalue weighted by atomic mass is 32.1. The molecule has 0 radical (unpaired) electrons. The second-order valence-corrected chi connectivity index (χ2v) is 6.50. The first-order valence-corrected chi connectivity index (χ1v) is 8.69. The molecule has 3 rings (SSSR count). The number of benzene rings is 1. The lowest BCUT2D eigenvalue weighted by atomic mass is 10.1. The monoisotopic (exact) mass is 368 g/mol. The van der Waals surface area contributed by atoms with Crippen molar-refractivity contribution in [1.82, 2.24) is 9.78 Å². The molecule has 0 spiro atoms. The van der Waals surface area contributed by atoms with E-state index in [9.17, 15) is 14.4 Å². The molecular weight excluding hydrogens is 352 g/mol. The predicted molar refractivity (Wildman–Crippen MR) is 100 cm³/mol. The van der Waals surface area contributed by atoms with E-state index in [-0.39, 0.29) is 5.56 Å². The van der Waals surface area contributed by atoms with Crippen LogP contribution in [0.15, 0.2) is 58.7 Å². The van der Waals surface area contributed by atoms with Crippen molar-refractivity contribution in [2.24, 2.45) is 5.73 Å². The number of para-hydroxylation sites is 1. The van der Waals surface area contributed by atoms with E-state index in [2.05, 4.69) is 10.4 Å². The molecule has 0 saturated carbocycles. The van der Waals surface area contributed by atoms with E-state index in [1.165, 1.54) is 23.5 Å². The lowest BCUT2D eigenvalue weighted by Crippen LogP contribution is -2.33. The van der Waals surface area contributed by atoms with Gasteiger partial charge in [-0.25, -0.2) is 4.68 Å². The fourth-order valence-corrected chi connectivity index (χ4v) is 3.10. The molecule has 0 aliphatic carbocycles. The first-order chi connectivity index (χ1) is 12.5. The summed E-state index contributed by atoms with van der Waals surface area (Å²) in [5.41, 5.74) is 6.02. The van der Waals surface area contributed by atoms with Crippen LogP contribution in [0.5, 0.6) is 0 Å². The van der Waals surface area contributed by atoms with Gasteiger partial charge in [0.15, 0.2) is 0 Å². The molecule has 0 aliphatic heterocycles. The number of hydrogen-bond donors (Lipinski definition) is 2. The average molecular weight is 368 g/mol. The number of nitrogens with one attached hydrogen (secondary N) is 1. The maximum Gasteiger partial charge on any atom is 0.267 e. The molecule has 7 nitrogen and oxygen atoms in total. The van der Waals surface area contributed by atoms with Crippen molar-refractivity contribution in [1.29, 1.82) is 0 Å². The molecule has 26 heavy (non-hydrogen) atoms. The molecule has 0 fully saturated rings. The summed E-state index contributed by atoms with van der Waals surface area (Å²) >= 11 is 1.49. The molecule has 132 valence electrons. The minimum absolute atomic E-state index is 0.195. The van der Waals surface area contributed by atoms with E-state index in [1.54, 1.807) is 31.2 Å². The van der Waals surface area contributed by atoms with Crippen molar-refractivity contribution in [3.63, 3.8) is 0 Å². The number of rotatable bonds is 5. The van der Waals surface area contributed by atoms with Crippen LogP contribution in [0.4, 0.5) is 5.69 Å². The van der Waals surface area contributed by atoms with E-state index < -0.39 is 23.4 Å². The zero-order chi connectivity index (χ0) is 18.7. The Morgan fingerprint density at radius 1 is 1.15 bits per heavy atom. The minimum atomic E-state index is -0.872. The molecule has 0 aliphatic rings. The van der Waals surface area contributed by atoms with Crippen LogP contribution in [0.3, 0.4) is 0 Å². The summed E-state index contributed by atoms with van der Waals surface area (Å²) in [5.74, 6) is -1.12. The first kappa shape index (κ1) is 17.6. The summed E-state index contributed by atoms with van der Waals surface area (Å²) in [6, 6.07) is 12.3. The van der Waals surface area contributed by atoms with Crippen molar-refractivity contribution in [2.75, 3.05) is 5.32 Å². The standard InChI is InChI=1S/C18H16N4O3S/c1-11(18(25)20-13-6-3-2-5-12(13)17(19)24)22-16(23)9-8-14(21-22)15-7-4-10-26-15/h2-11H,1H3,(H2,19,24)(H,20,25). The summed E-state index contributed by atoms with van der Waals surface area (Å²) in [7, 11) is 0. The topological polar surface area (TPSA) is 107 Å². The van der Waals surface area contributed by atoms with Gasteiger partial charge in [0, 0.05) is 6.07 Å². The minimum Gasteiger partial charge on any atom is -0.366 e. The number of nitrogens with zero attached hydrogens (tertiary/aromatic N) is 2. The second kappa shape index (κ2) is 7.32. The summed E-state index contributed by atoms with van der Waals surface area (Å²) in [4.78, 5) is 37.1. The molecule has 0 saturated heterocycles. The van der Waals surface area contributed by atoms with Gasteiger partial charge >= 0.3 is 0 Å². The van der Waals surface area contributed by atoms with Crippen molar-refractivity contribution < 1.29 is 9.59 Å². The molecule has 2 aromatic heterocycles. The van der Waals surface area contributed by atoms with Gasteiger partial charge < -0.3 is 11.1 Å². The van der Waals surface area contributed by atoms with Gasteiger partial charge in [-0.3, -0.25) is 14.4 Å². The van der Waals surface area contributed by atoms with Crippen molar-refractivity contribution in [3.05, 3.63) is 69.8 Å². The Morgan fingerprint density at radius 3 is 2.62 bits per heavy atom. The molecule has 0 bridgehead atoms. The third kappa shape index (κ3) is 3.55. The Bertz CT molecular complexity index is 1010. The van der Waals surface area contributed by atoms with E-state index >= 15 is 0 Å². The number of amides is 2. The Kier molecular flexibility index (Phi) is 4.94. The van der Waals surface area contributed by atoms with Crippen LogP contribution in [-0.4, -0.2) is 21.6 Å². The SMILES string of the molecule is CC(C(=O)Nc1ccccc1C(N)=O)n1nc(-c2cccs2)ccc1=O. The highest BCUT2D eigenvalue weighted by molar-refractivity contribution is 7.13. The number of carbonyl (C=O) groups excluding carboxylic acids is 2. The maximum atomic E-state index is 12.6. The molecule has 2 amide bonds. The van der Waals surface area contributed by atoms with Crippen LogP contribution >= 0.6 is 11.3 Å². The quantitative estimate of drug-likeness (QED) is 0.720. The van der Waals surface area contributed by atoms with E-state index in [0.29, 0.717) is 11.4 Å². The highest BCUT2D eigenvalue weighted by Gasteiger charge is 2.20. The number of thiophene rings is 1. The second-order valence-electron chi connectivity index (χ2n) is 5.55. The third-order valence-corrected chi connectivity index (χ3v) is 4.69. The Hall–Kier alpha value is -3.26. The number of hydrogen-bond acceptors (Lipinski definition) is 5. The van der Waals surface area contributed by atoms with Crippen LogP contribution in [-0.2, 0) is 4.79 Å². The summed E-state index contributed by atoms with van der Waals surface area (Å²) in [6.07, 6.45) is 0. The van der Waals surface area contributed by atoms with E-state index in [1.807, 2.05) is 17.5 Å². The summed E-state index contributed by atoms with van der Waals surface area (Å²) in [6.45, 7) is 1.56. The lowest BCUT2D eigenvalue weighted by Gasteiger charge is -2.15. The van der Waals surface area contributed by atoms with Crippen molar-refractivity contribution in [2.45, 2.75) is 13.0 Å². The van der Waals surface area contributed by atoms with Crippen LogP contribution in [0.25, 0.3) is 10.6 Å². The van der Waals surface area contributed by atoms with Crippen LogP contribution < -0.4 is 16.6 Å². The third-order valence-electron chi connectivity index (χ3n) is 3.80. The summed E-state index contributed by atoms with van der Waals surface area (Å²) in [5, 5.41) is 8.84. The lowest BCUT2D eigenvalue weighted by molar-refractivity contribution is -0.119. The van der Waals surface area contributed by atoms with Gasteiger partial charge in [-0.05, 0) is 36.6 Å². The smallest absolute Gasteiger partial charge is 0.267 e. The van der Waals surface area contributed by atoms with Crippen molar-refractivity contribution >= 4 is 28.8 Å². The van der Waals surface area contributed by atoms with E-state index in [4.69, 9.17) is 5.73 Å². The number of aromatic nitrogens is 2. The van der Waals surface area contributed by atoms with Crippen LogP contribution in [0.1, 0.15) is 23.3 Å². The first-order valence-electron chi connectivity index (χ1n) is 7.81. The Morgan fingerprint density at radius 2 is 1.92 bits per heavy atom. The molecule has 2 heterocycles. The highest BCUT2D eigenvalue weighted by Crippen LogP contribution is 2.22. The van der Waals surface area contributed by atoms with Gasteiger partial charge in [0.1, 0.15) is 11.7 Å². The van der Waals surface area contributed by atoms with Crippen molar-refractivity contribution in [3.8, 4) is 10.6 Å². The number of primary amides is 1. The van der Waals surface area contributed by atoms with E-state index in [0.717, 1.165) is 9.56 Å². The average Bonchev–Trinajstić information content (AvgIpc) is 3.16. The van der Waals surface area contributed by atoms with Gasteiger partial charge in [0.05, 0.1) is 16.1 Å². The molecule has 1 unspecified atom stereocenters. The predicted octanol–water partition coefficient (Wildman–Crippen LogP) is 2.27. The largest absolute Gasteiger partial charge is 0.366 e. The molecule has 1 aromatic carbocycles. The number of carbonyl (C=O) groups is 2. The van der Waals surface area contributed by atoms with Gasteiger partial charge in [0.25, 0.3) is 11.5 Å². The fraction of sp³-hybridized carbons (Fsp3) is 0.111. The molecule has 3 N–H and O–H groups in total. The van der Waals surface area contributed by atoms with Gasteiger partial charge in [0.2, 0.25) is 5.91 Å². The summed E-state index contributed by atoms with van der Waals surface area (Å²) < 4.78 is 1.12. The number of nitrogens with two attached hydrogens (primary N) is 1. The van der Waals surface area contributed by atoms with Gasteiger partial charge in [-0.2, -0.15) is 5.10 Å². The molecule has 8 heteroatoms. The fourth-order valence-electron chi connectivity index (χ4n) is 2.41. The zero-order valence-corrected chi connectivity index (χ0v) is 14.7. The molecule has 1 atom stereocenters. The number of anilines is 1. The van der Waals surface area contributed by atoms with Gasteiger partial charge in [-0.1, -0.05) is 18.2 Å².